The van der Waals surface area contributed by atoms with Gasteiger partial charge in [-0.3, -0.25) is 4.79 Å². The number of carbonyl (C=O) groups is 2. The van der Waals surface area contributed by atoms with Gasteiger partial charge in [-0.25, -0.2) is 4.79 Å². The molecule has 0 spiro atoms. The highest BCUT2D eigenvalue weighted by Gasteiger charge is 2.38. The molecule has 6 nitrogen and oxygen atoms in total. The van der Waals surface area contributed by atoms with Crippen LogP contribution >= 0.6 is 0 Å². The van der Waals surface area contributed by atoms with Crippen LogP contribution in [0.4, 0.5) is 4.79 Å². The van der Waals surface area contributed by atoms with Crippen molar-refractivity contribution in [2.75, 3.05) is 19.7 Å². The summed E-state index contributed by atoms with van der Waals surface area (Å²) in [5.74, 6) is -0.788. The van der Waals surface area contributed by atoms with E-state index < -0.39 is 11.4 Å². The number of hydrogen-bond acceptors (Lipinski definition) is 3. The first-order valence-electron chi connectivity index (χ1n) is 7.99. The monoisotopic (exact) mass is 298 g/mol. The number of hydrogen-bond donors (Lipinski definition) is 3. The number of amides is 2. The second kappa shape index (κ2) is 7.64. The Labute approximate surface area is 125 Å². The van der Waals surface area contributed by atoms with Crippen LogP contribution in [0.2, 0.25) is 0 Å². The summed E-state index contributed by atoms with van der Waals surface area (Å²) in [6, 6.07) is -0.296. The van der Waals surface area contributed by atoms with Gasteiger partial charge in [-0.2, -0.15) is 0 Å². The fraction of sp³-hybridized carbons (Fsp3) is 0.867. The van der Waals surface area contributed by atoms with Crippen LogP contribution < -0.4 is 10.6 Å². The molecule has 6 heteroatoms. The van der Waals surface area contributed by atoms with E-state index in [0.29, 0.717) is 19.4 Å². The normalized spacial score (nSPS) is 25.0. The molecule has 1 saturated carbocycles. The standard InChI is InChI=1S/C15H26N2O4/c18-13(19)15(7-3-1-2-4-8-15)11-17-14(20)16-10-12-6-5-9-21-12/h12H,1-11H2,(H,18,19)(H2,16,17,20). The number of aliphatic carboxylic acids is 1. The van der Waals surface area contributed by atoms with Crippen molar-refractivity contribution in [2.24, 2.45) is 5.41 Å². The molecule has 1 heterocycles. The lowest BCUT2D eigenvalue weighted by Crippen LogP contribution is -2.47. The Morgan fingerprint density at radius 3 is 2.38 bits per heavy atom. The van der Waals surface area contributed by atoms with Crippen LogP contribution in [0.25, 0.3) is 0 Å². The zero-order chi connectivity index (χ0) is 15.1. The molecule has 0 bridgehead atoms. The molecule has 3 N–H and O–H groups in total. The molecule has 0 aromatic heterocycles. The van der Waals surface area contributed by atoms with Gasteiger partial charge < -0.3 is 20.5 Å². The quantitative estimate of drug-likeness (QED) is 0.676. The van der Waals surface area contributed by atoms with Gasteiger partial charge in [-0.1, -0.05) is 25.7 Å². The van der Waals surface area contributed by atoms with E-state index in [4.69, 9.17) is 4.74 Å². The van der Waals surface area contributed by atoms with Gasteiger partial charge in [0.1, 0.15) is 0 Å². The highest BCUT2D eigenvalue weighted by molar-refractivity contribution is 5.78. The van der Waals surface area contributed by atoms with Crippen LogP contribution in [0.1, 0.15) is 51.4 Å². The molecule has 21 heavy (non-hydrogen) atoms. The molecule has 0 aromatic rings. The van der Waals surface area contributed by atoms with E-state index in [1.807, 2.05) is 0 Å². The van der Waals surface area contributed by atoms with Crippen molar-refractivity contribution < 1.29 is 19.4 Å². The molecule has 1 aliphatic heterocycles. The first-order chi connectivity index (χ1) is 10.1. The van der Waals surface area contributed by atoms with Crippen molar-refractivity contribution >= 4 is 12.0 Å². The lowest BCUT2D eigenvalue weighted by atomic mass is 9.80. The Morgan fingerprint density at radius 1 is 1.10 bits per heavy atom. The lowest BCUT2D eigenvalue weighted by Gasteiger charge is -2.28. The minimum absolute atomic E-state index is 0.0991. The molecule has 2 fully saturated rings. The average Bonchev–Trinajstić information content (AvgIpc) is 2.87. The van der Waals surface area contributed by atoms with Crippen LogP contribution in [0.5, 0.6) is 0 Å². The smallest absolute Gasteiger partial charge is 0.314 e. The summed E-state index contributed by atoms with van der Waals surface area (Å²) >= 11 is 0. The molecular weight excluding hydrogens is 272 g/mol. The number of carbonyl (C=O) groups excluding carboxylic acids is 1. The molecule has 1 unspecified atom stereocenters. The molecule has 0 radical (unpaired) electrons. The largest absolute Gasteiger partial charge is 0.481 e. The summed E-state index contributed by atoms with van der Waals surface area (Å²) in [5.41, 5.74) is -0.794. The van der Waals surface area contributed by atoms with E-state index in [1.54, 1.807) is 0 Å². The van der Waals surface area contributed by atoms with Gasteiger partial charge in [0.05, 0.1) is 11.5 Å². The summed E-state index contributed by atoms with van der Waals surface area (Å²) in [7, 11) is 0. The van der Waals surface area contributed by atoms with Crippen LogP contribution in [-0.4, -0.2) is 42.9 Å². The maximum Gasteiger partial charge on any atom is 0.314 e. The maximum absolute atomic E-state index is 11.8. The number of nitrogens with one attached hydrogen (secondary N) is 2. The highest BCUT2D eigenvalue weighted by Crippen LogP contribution is 2.34. The van der Waals surface area contributed by atoms with E-state index in [0.717, 1.165) is 45.1 Å². The molecule has 2 aliphatic rings. The topological polar surface area (TPSA) is 87.7 Å². The Balaban J connectivity index is 1.77. The van der Waals surface area contributed by atoms with Crippen LogP contribution in [0, 0.1) is 5.41 Å². The second-order valence-electron chi connectivity index (χ2n) is 6.20. The maximum atomic E-state index is 11.8. The number of rotatable bonds is 5. The molecule has 120 valence electrons. The Bertz CT molecular complexity index is 359. The predicted octanol–water partition coefficient (Wildman–Crippen LogP) is 1.89. The first kappa shape index (κ1) is 16.1. The highest BCUT2D eigenvalue weighted by atomic mass is 16.5. The van der Waals surface area contributed by atoms with Gasteiger partial charge in [0.25, 0.3) is 0 Å². The molecule has 2 amide bonds. The summed E-state index contributed by atoms with van der Waals surface area (Å²) in [6.45, 7) is 1.46. The molecule has 0 aromatic carbocycles. The second-order valence-corrected chi connectivity index (χ2v) is 6.20. The Hall–Kier alpha value is -1.30. The van der Waals surface area contributed by atoms with Gasteiger partial charge in [-0.05, 0) is 25.7 Å². The Morgan fingerprint density at radius 2 is 1.81 bits per heavy atom. The lowest BCUT2D eigenvalue weighted by molar-refractivity contribution is -0.149. The van der Waals surface area contributed by atoms with Crippen molar-refractivity contribution in [3.05, 3.63) is 0 Å². The minimum Gasteiger partial charge on any atom is -0.481 e. The fourth-order valence-corrected chi connectivity index (χ4v) is 3.20. The van der Waals surface area contributed by atoms with Gasteiger partial charge in [0.15, 0.2) is 0 Å². The third-order valence-electron chi connectivity index (χ3n) is 4.62. The molecule has 2 rings (SSSR count). The average molecular weight is 298 g/mol. The summed E-state index contributed by atoms with van der Waals surface area (Å²) in [4.78, 5) is 23.4. The van der Waals surface area contributed by atoms with Crippen molar-refractivity contribution in [1.82, 2.24) is 10.6 Å². The van der Waals surface area contributed by atoms with Gasteiger partial charge >= 0.3 is 12.0 Å². The molecule has 1 saturated heterocycles. The number of ether oxygens (including phenoxy) is 1. The van der Waals surface area contributed by atoms with Crippen molar-refractivity contribution in [1.29, 1.82) is 0 Å². The molecular formula is C15H26N2O4. The molecule has 1 aliphatic carbocycles. The number of carboxylic acid groups (broad SMARTS) is 1. The van der Waals surface area contributed by atoms with Crippen LogP contribution in [0.3, 0.4) is 0 Å². The van der Waals surface area contributed by atoms with Crippen LogP contribution in [-0.2, 0) is 9.53 Å². The number of carboxylic acids is 1. The predicted molar refractivity (Wildman–Crippen MR) is 78.1 cm³/mol. The minimum atomic E-state index is -0.794. The van der Waals surface area contributed by atoms with Crippen molar-refractivity contribution in [3.8, 4) is 0 Å². The molecule has 1 atom stereocenters. The van der Waals surface area contributed by atoms with Crippen molar-refractivity contribution in [2.45, 2.75) is 57.5 Å². The van der Waals surface area contributed by atoms with Gasteiger partial charge in [0.2, 0.25) is 0 Å². The van der Waals surface area contributed by atoms with E-state index in [9.17, 15) is 14.7 Å². The third kappa shape index (κ3) is 4.59. The summed E-state index contributed by atoms with van der Waals surface area (Å²) < 4.78 is 5.44. The van der Waals surface area contributed by atoms with E-state index in [1.165, 1.54) is 0 Å². The van der Waals surface area contributed by atoms with E-state index in [-0.39, 0.29) is 18.7 Å². The van der Waals surface area contributed by atoms with Gasteiger partial charge in [0, 0.05) is 19.7 Å². The Kier molecular flexibility index (Phi) is 5.85. The van der Waals surface area contributed by atoms with E-state index in [2.05, 4.69) is 10.6 Å². The van der Waals surface area contributed by atoms with Crippen LogP contribution in [0.15, 0.2) is 0 Å². The SMILES string of the molecule is O=C(NCC1CCCO1)NCC1(C(=O)O)CCCCCC1. The summed E-state index contributed by atoms with van der Waals surface area (Å²) in [5, 5.41) is 15.0. The zero-order valence-electron chi connectivity index (χ0n) is 12.5. The van der Waals surface area contributed by atoms with Gasteiger partial charge in [-0.15, -0.1) is 0 Å². The summed E-state index contributed by atoms with van der Waals surface area (Å²) in [6.07, 6.45) is 7.41. The fourth-order valence-electron chi connectivity index (χ4n) is 3.20. The third-order valence-corrected chi connectivity index (χ3v) is 4.62. The first-order valence-corrected chi connectivity index (χ1v) is 7.99. The zero-order valence-corrected chi connectivity index (χ0v) is 12.5. The van der Waals surface area contributed by atoms with Crippen molar-refractivity contribution in [3.63, 3.8) is 0 Å². The number of urea groups is 1. The van der Waals surface area contributed by atoms with E-state index >= 15 is 0 Å².